The third-order valence-electron chi connectivity index (χ3n) is 2.77. The van der Waals surface area contributed by atoms with Crippen molar-refractivity contribution >= 4 is 15.9 Å². The number of hydrogen-bond acceptors (Lipinski definition) is 2. The molecule has 0 aliphatic carbocycles. The summed E-state index contributed by atoms with van der Waals surface area (Å²) in [7, 11) is 1.90. The normalized spacial score (nSPS) is 10.3. The molecule has 0 bridgehead atoms. The molecular weight excluding hydrogens is 278 g/mol. The lowest BCUT2D eigenvalue weighted by molar-refractivity contribution is 0.899. The number of aromatic nitrogens is 2. The minimum absolute atomic E-state index is 0.420. The molecule has 17 heavy (non-hydrogen) atoms. The summed E-state index contributed by atoms with van der Waals surface area (Å²) in [5.41, 5.74) is 3.82. The Morgan fingerprint density at radius 1 is 1.35 bits per heavy atom. The van der Waals surface area contributed by atoms with Crippen molar-refractivity contribution in [2.24, 2.45) is 7.05 Å². The molecule has 0 amide bonds. The van der Waals surface area contributed by atoms with Crippen LogP contribution in [0.25, 0.3) is 11.4 Å². The van der Waals surface area contributed by atoms with Crippen LogP contribution < -0.4 is 0 Å². The van der Waals surface area contributed by atoms with E-state index in [0.29, 0.717) is 5.69 Å². The lowest BCUT2D eigenvalue weighted by atomic mass is 10.1. The first-order valence-electron chi connectivity index (χ1n) is 5.24. The lowest BCUT2D eigenvalue weighted by Gasteiger charge is -2.07. The SMILES string of the molecule is Cc1ccc(C)c(-c2nc(C#N)c(Br)n2C)c1. The maximum absolute atomic E-state index is 8.97. The van der Waals surface area contributed by atoms with Gasteiger partial charge in [0, 0.05) is 12.6 Å². The van der Waals surface area contributed by atoms with E-state index in [-0.39, 0.29) is 0 Å². The highest BCUT2D eigenvalue weighted by Crippen LogP contribution is 2.27. The van der Waals surface area contributed by atoms with Gasteiger partial charge >= 0.3 is 0 Å². The average molecular weight is 290 g/mol. The van der Waals surface area contributed by atoms with Gasteiger partial charge in [0.2, 0.25) is 0 Å². The highest BCUT2D eigenvalue weighted by molar-refractivity contribution is 9.10. The lowest BCUT2D eigenvalue weighted by Crippen LogP contribution is -1.95. The Hall–Kier alpha value is -1.60. The van der Waals surface area contributed by atoms with Crippen LogP contribution in [0.15, 0.2) is 22.8 Å². The fraction of sp³-hybridized carbons (Fsp3) is 0.231. The number of imidazole rings is 1. The Labute approximate surface area is 109 Å². The van der Waals surface area contributed by atoms with E-state index in [1.54, 1.807) is 0 Å². The monoisotopic (exact) mass is 289 g/mol. The van der Waals surface area contributed by atoms with Crippen molar-refractivity contribution in [3.8, 4) is 17.5 Å². The highest BCUT2D eigenvalue weighted by Gasteiger charge is 2.15. The van der Waals surface area contributed by atoms with Crippen molar-refractivity contribution in [3.05, 3.63) is 39.6 Å². The fourth-order valence-electron chi connectivity index (χ4n) is 1.77. The summed E-state index contributed by atoms with van der Waals surface area (Å²) in [5, 5.41) is 8.97. The Kier molecular flexibility index (Phi) is 3.03. The van der Waals surface area contributed by atoms with E-state index in [0.717, 1.165) is 21.6 Å². The van der Waals surface area contributed by atoms with E-state index in [2.05, 4.69) is 45.2 Å². The minimum atomic E-state index is 0.420. The van der Waals surface area contributed by atoms with Crippen LogP contribution in [-0.2, 0) is 7.05 Å². The third-order valence-corrected chi connectivity index (χ3v) is 3.67. The molecule has 0 aliphatic heterocycles. The van der Waals surface area contributed by atoms with E-state index < -0.39 is 0 Å². The molecule has 0 N–H and O–H groups in total. The minimum Gasteiger partial charge on any atom is -0.321 e. The molecule has 2 aromatic rings. The van der Waals surface area contributed by atoms with Gasteiger partial charge in [0.1, 0.15) is 16.5 Å². The Balaban J connectivity index is 2.69. The second-order valence-corrected chi connectivity index (χ2v) is 4.82. The summed E-state index contributed by atoms with van der Waals surface area (Å²) in [6.45, 7) is 4.09. The van der Waals surface area contributed by atoms with Crippen LogP contribution in [0.1, 0.15) is 16.8 Å². The van der Waals surface area contributed by atoms with Gasteiger partial charge in [0.05, 0.1) is 0 Å². The van der Waals surface area contributed by atoms with Crippen LogP contribution in [0, 0.1) is 25.2 Å². The van der Waals surface area contributed by atoms with Crippen LogP contribution in [0.4, 0.5) is 0 Å². The van der Waals surface area contributed by atoms with E-state index >= 15 is 0 Å². The molecule has 1 aromatic heterocycles. The summed E-state index contributed by atoms with van der Waals surface area (Å²) in [4.78, 5) is 4.35. The van der Waals surface area contributed by atoms with Gasteiger partial charge in [-0.2, -0.15) is 5.26 Å². The van der Waals surface area contributed by atoms with Crippen LogP contribution in [0.3, 0.4) is 0 Å². The van der Waals surface area contributed by atoms with Crippen LogP contribution >= 0.6 is 15.9 Å². The number of halogens is 1. The predicted octanol–water partition coefficient (Wildman–Crippen LogP) is 3.34. The topological polar surface area (TPSA) is 41.6 Å². The molecule has 0 saturated heterocycles. The Bertz CT molecular complexity index is 620. The van der Waals surface area contributed by atoms with Gasteiger partial charge in [-0.05, 0) is 41.4 Å². The molecule has 0 unspecified atom stereocenters. The summed E-state index contributed by atoms with van der Waals surface area (Å²) < 4.78 is 2.61. The van der Waals surface area contributed by atoms with Crippen molar-refractivity contribution in [3.63, 3.8) is 0 Å². The molecule has 86 valence electrons. The maximum Gasteiger partial charge on any atom is 0.173 e. The van der Waals surface area contributed by atoms with Crippen molar-refractivity contribution < 1.29 is 0 Å². The summed E-state index contributed by atoms with van der Waals surface area (Å²) in [5.74, 6) is 0.814. The molecule has 3 nitrogen and oxygen atoms in total. The van der Waals surface area contributed by atoms with Crippen LogP contribution in [-0.4, -0.2) is 9.55 Å². The van der Waals surface area contributed by atoms with Crippen molar-refractivity contribution in [1.82, 2.24) is 9.55 Å². The smallest absolute Gasteiger partial charge is 0.173 e. The Morgan fingerprint density at radius 2 is 2.06 bits per heavy atom. The number of aryl methyl sites for hydroxylation is 2. The molecule has 2 rings (SSSR count). The zero-order chi connectivity index (χ0) is 12.6. The fourth-order valence-corrected chi connectivity index (χ4v) is 2.11. The number of rotatable bonds is 1. The molecule has 0 saturated carbocycles. The molecule has 1 heterocycles. The molecule has 0 spiro atoms. The molecular formula is C13H12BrN3. The number of nitrogens with zero attached hydrogens (tertiary/aromatic N) is 3. The van der Waals surface area contributed by atoms with E-state index in [1.807, 2.05) is 25.5 Å². The molecule has 0 atom stereocenters. The van der Waals surface area contributed by atoms with Gasteiger partial charge in [-0.1, -0.05) is 17.7 Å². The molecule has 0 radical (unpaired) electrons. The number of benzene rings is 1. The second-order valence-electron chi connectivity index (χ2n) is 4.06. The third kappa shape index (κ3) is 1.98. The van der Waals surface area contributed by atoms with Gasteiger partial charge in [0.15, 0.2) is 5.69 Å². The van der Waals surface area contributed by atoms with Crippen molar-refractivity contribution in [1.29, 1.82) is 5.26 Å². The number of hydrogen-bond donors (Lipinski definition) is 0. The van der Waals surface area contributed by atoms with Gasteiger partial charge in [-0.25, -0.2) is 4.98 Å². The zero-order valence-electron chi connectivity index (χ0n) is 9.95. The van der Waals surface area contributed by atoms with Gasteiger partial charge in [-0.3, -0.25) is 0 Å². The average Bonchev–Trinajstić information content (AvgIpc) is 2.59. The van der Waals surface area contributed by atoms with Gasteiger partial charge < -0.3 is 4.57 Å². The largest absolute Gasteiger partial charge is 0.321 e. The standard InChI is InChI=1S/C13H12BrN3/c1-8-4-5-9(2)10(6-8)13-16-11(7-15)12(14)17(13)3/h4-6H,1-3H3. The van der Waals surface area contributed by atoms with E-state index in [9.17, 15) is 0 Å². The Morgan fingerprint density at radius 3 is 2.65 bits per heavy atom. The summed E-state index contributed by atoms with van der Waals surface area (Å²) in [6.07, 6.45) is 0. The predicted molar refractivity (Wildman–Crippen MR) is 70.5 cm³/mol. The van der Waals surface area contributed by atoms with Crippen molar-refractivity contribution in [2.75, 3.05) is 0 Å². The van der Waals surface area contributed by atoms with E-state index in [4.69, 9.17) is 5.26 Å². The first-order chi connectivity index (χ1) is 8.04. The summed E-state index contributed by atoms with van der Waals surface area (Å²) in [6, 6.07) is 8.31. The maximum atomic E-state index is 8.97. The first kappa shape index (κ1) is 11.9. The summed E-state index contributed by atoms with van der Waals surface area (Å²) >= 11 is 3.38. The quantitative estimate of drug-likeness (QED) is 0.808. The van der Waals surface area contributed by atoms with Gasteiger partial charge in [0.25, 0.3) is 0 Å². The number of nitriles is 1. The molecule has 0 fully saturated rings. The van der Waals surface area contributed by atoms with Crippen molar-refractivity contribution in [2.45, 2.75) is 13.8 Å². The zero-order valence-corrected chi connectivity index (χ0v) is 11.5. The molecule has 0 aliphatic rings. The van der Waals surface area contributed by atoms with Crippen LogP contribution in [0.2, 0.25) is 0 Å². The van der Waals surface area contributed by atoms with E-state index in [1.165, 1.54) is 5.56 Å². The highest BCUT2D eigenvalue weighted by atomic mass is 79.9. The van der Waals surface area contributed by atoms with Crippen LogP contribution in [0.5, 0.6) is 0 Å². The van der Waals surface area contributed by atoms with Gasteiger partial charge in [-0.15, -0.1) is 0 Å². The first-order valence-corrected chi connectivity index (χ1v) is 6.04. The second kappa shape index (κ2) is 4.34. The molecule has 4 heteroatoms. The molecule has 1 aromatic carbocycles.